The number of para-hydroxylation sites is 2. The summed E-state index contributed by atoms with van der Waals surface area (Å²) in [6, 6.07) is 18.3. The number of ether oxygens (including phenoxy) is 1. The Morgan fingerprint density at radius 3 is 2.58 bits per heavy atom. The van der Waals surface area contributed by atoms with Gasteiger partial charge in [-0.25, -0.2) is 14.3 Å². The Balaban J connectivity index is 1.73. The lowest BCUT2D eigenvalue weighted by molar-refractivity contribution is -0.146. The Kier molecular flexibility index (Phi) is 6.17. The van der Waals surface area contributed by atoms with Gasteiger partial charge in [0, 0.05) is 37.3 Å². The largest absolute Gasteiger partial charge is 0.452 e. The predicted molar refractivity (Wildman–Crippen MR) is 124 cm³/mol. The van der Waals surface area contributed by atoms with E-state index in [1.807, 2.05) is 42.5 Å². The summed E-state index contributed by atoms with van der Waals surface area (Å²) in [5.41, 5.74) is 1.84. The van der Waals surface area contributed by atoms with Crippen LogP contribution in [0.3, 0.4) is 0 Å². The Morgan fingerprint density at radius 2 is 1.82 bits per heavy atom. The second kappa shape index (κ2) is 9.35. The van der Waals surface area contributed by atoms with Crippen molar-refractivity contribution in [1.29, 1.82) is 0 Å². The molecule has 166 valence electrons. The summed E-state index contributed by atoms with van der Waals surface area (Å²) < 4.78 is 12.1. The van der Waals surface area contributed by atoms with E-state index in [4.69, 9.17) is 9.15 Å². The summed E-state index contributed by atoms with van der Waals surface area (Å²) in [5.74, 6) is -1.02. The number of hydrogen-bond acceptors (Lipinski definition) is 6. The molecule has 0 aliphatic carbocycles. The minimum atomic E-state index is -0.686. The molecule has 0 atom stereocenters. The van der Waals surface area contributed by atoms with E-state index in [1.165, 1.54) is 17.1 Å². The van der Waals surface area contributed by atoms with E-state index >= 15 is 0 Å². The van der Waals surface area contributed by atoms with Gasteiger partial charge in [-0.15, -0.1) is 0 Å². The van der Waals surface area contributed by atoms with E-state index in [-0.39, 0.29) is 18.1 Å². The molecule has 0 fully saturated rings. The first kappa shape index (κ1) is 21.8. The fraction of sp³-hybridized carbons (Fsp3) is 0.120. The predicted octanol–water partition coefficient (Wildman–Crippen LogP) is 3.29. The highest BCUT2D eigenvalue weighted by molar-refractivity contribution is 5.91. The zero-order chi connectivity index (χ0) is 23.4. The topological polar surface area (TPSA) is 94.6 Å². The first-order chi connectivity index (χ1) is 15.9. The molecule has 0 bridgehead atoms. The van der Waals surface area contributed by atoms with Crippen LogP contribution in [-0.4, -0.2) is 47.3 Å². The first-order valence-corrected chi connectivity index (χ1v) is 10.2. The molecular formula is C25H21N3O5. The van der Waals surface area contributed by atoms with Crippen molar-refractivity contribution in [2.24, 2.45) is 0 Å². The van der Waals surface area contributed by atoms with E-state index in [2.05, 4.69) is 5.10 Å². The average molecular weight is 443 g/mol. The van der Waals surface area contributed by atoms with Crippen LogP contribution in [0.2, 0.25) is 0 Å². The minimum Gasteiger partial charge on any atom is -0.452 e. The maximum Gasteiger partial charge on any atom is 0.345 e. The molecule has 0 aliphatic heterocycles. The van der Waals surface area contributed by atoms with Crippen molar-refractivity contribution >= 4 is 28.9 Å². The van der Waals surface area contributed by atoms with Crippen LogP contribution >= 0.6 is 0 Å². The molecule has 2 heterocycles. The SMILES string of the molecule is CN(C)C(=O)COC(=O)/C=C/c1cn(-c2ccccc2)nc1-c1cc2ccccc2oc1=O. The van der Waals surface area contributed by atoms with Crippen molar-refractivity contribution in [3.05, 3.63) is 88.9 Å². The summed E-state index contributed by atoms with van der Waals surface area (Å²) in [4.78, 5) is 37.8. The van der Waals surface area contributed by atoms with Gasteiger partial charge >= 0.3 is 11.6 Å². The number of likely N-dealkylation sites (N-methyl/N-ethyl adjacent to an activating group) is 1. The van der Waals surface area contributed by atoms with Crippen LogP contribution in [0.15, 0.2) is 82.1 Å². The lowest BCUT2D eigenvalue weighted by Crippen LogP contribution is -2.27. The first-order valence-electron chi connectivity index (χ1n) is 10.2. The molecule has 0 unspecified atom stereocenters. The highest BCUT2D eigenvalue weighted by Gasteiger charge is 2.16. The summed E-state index contributed by atoms with van der Waals surface area (Å²) in [6.07, 6.45) is 4.40. The van der Waals surface area contributed by atoms with Crippen LogP contribution in [0.5, 0.6) is 0 Å². The number of hydrogen-bond donors (Lipinski definition) is 0. The summed E-state index contributed by atoms with van der Waals surface area (Å²) in [7, 11) is 3.15. The third-order valence-electron chi connectivity index (χ3n) is 4.90. The number of fused-ring (bicyclic) bond motifs is 1. The third kappa shape index (κ3) is 4.90. The molecule has 0 aliphatic rings. The normalized spacial score (nSPS) is 11.1. The molecule has 4 aromatic rings. The number of amides is 1. The van der Waals surface area contributed by atoms with Gasteiger partial charge in [0.1, 0.15) is 11.3 Å². The smallest absolute Gasteiger partial charge is 0.345 e. The number of nitrogens with zero attached hydrogens (tertiary/aromatic N) is 3. The number of carbonyl (C=O) groups excluding carboxylic acids is 2. The third-order valence-corrected chi connectivity index (χ3v) is 4.90. The van der Waals surface area contributed by atoms with Crippen molar-refractivity contribution in [1.82, 2.24) is 14.7 Å². The molecule has 0 N–H and O–H groups in total. The van der Waals surface area contributed by atoms with E-state index < -0.39 is 11.6 Å². The summed E-state index contributed by atoms with van der Waals surface area (Å²) in [6.45, 7) is -0.361. The number of carbonyl (C=O) groups is 2. The number of rotatable bonds is 6. The van der Waals surface area contributed by atoms with E-state index in [1.54, 1.807) is 43.2 Å². The summed E-state index contributed by atoms with van der Waals surface area (Å²) >= 11 is 0. The van der Waals surface area contributed by atoms with Gasteiger partial charge in [-0.1, -0.05) is 36.4 Å². The molecule has 2 aromatic carbocycles. The van der Waals surface area contributed by atoms with Crippen LogP contribution in [0.25, 0.3) is 34.0 Å². The van der Waals surface area contributed by atoms with Crippen molar-refractivity contribution in [2.75, 3.05) is 20.7 Å². The van der Waals surface area contributed by atoms with Crippen LogP contribution in [-0.2, 0) is 14.3 Å². The highest BCUT2D eigenvalue weighted by atomic mass is 16.5. The van der Waals surface area contributed by atoms with Crippen LogP contribution < -0.4 is 5.63 Å². The maximum absolute atomic E-state index is 12.7. The van der Waals surface area contributed by atoms with E-state index in [9.17, 15) is 14.4 Å². The van der Waals surface area contributed by atoms with Crippen LogP contribution in [0.1, 0.15) is 5.56 Å². The van der Waals surface area contributed by atoms with Gasteiger partial charge in [-0.3, -0.25) is 4.79 Å². The van der Waals surface area contributed by atoms with Crippen LogP contribution in [0.4, 0.5) is 0 Å². The molecule has 8 nitrogen and oxygen atoms in total. The van der Waals surface area contributed by atoms with Gasteiger partial charge in [-0.2, -0.15) is 5.10 Å². The Labute approximate surface area is 189 Å². The zero-order valence-electron chi connectivity index (χ0n) is 18.1. The zero-order valence-corrected chi connectivity index (χ0v) is 18.1. The second-order valence-corrected chi connectivity index (χ2v) is 7.43. The van der Waals surface area contributed by atoms with Crippen molar-refractivity contribution in [3.8, 4) is 16.9 Å². The van der Waals surface area contributed by atoms with Gasteiger partial charge in [-0.05, 0) is 30.3 Å². The summed E-state index contributed by atoms with van der Waals surface area (Å²) in [5, 5.41) is 5.33. The fourth-order valence-electron chi connectivity index (χ4n) is 3.13. The van der Waals surface area contributed by atoms with Gasteiger partial charge in [0.2, 0.25) is 0 Å². The standard InChI is InChI=1S/C25H21N3O5/c1-27(2)22(29)16-32-23(30)13-12-18-15-28(19-9-4-3-5-10-19)26-24(18)20-14-17-8-6-7-11-21(17)33-25(20)31/h3-15H,16H2,1-2H3/b13-12+. The Bertz CT molecular complexity index is 1400. The highest BCUT2D eigenvalue weighted by Crippen LogP contribution is 2.25. The van der Waals surface area contributed by atoms with Crippen molar-refractivity contribution in [2.45, 2.75) is 0 Å². The molecular weight excluding hydrogens is 422 g/mol. The van der Waals surface area contributed by atoms with Gasteiger partial charge in [0.25, 0.3) is 5.91 Å². The van der Waals surface area contributed by atoms with E-state index in [0.717, 1.165) is 11.1 Å². The fourth-order valence-corrected chi connectivity index (χ4v) is 3.13. The lowest BCUT2D eigenvalue weighted by atomic mass is 10.1. The number of esters is 1. The Morgan fingerprint density at radius 1 is 1.09 bits per heavy atom. The Hall–Kier alpha value is -4.46. The molecule has 0 saturated carbocycles. The molecule has 0 radical (unpaired) electrons. The second-order valence-electron chi connectivity index (χ2n) is 7.43. The molecule has 33 heavy (non-hydrogen) atoms. The van der Waals surface area contributed by atoms with Crippen molar-refractivity contribution < 1.29 is 18.7 Å². The molecule has 0 spiro atoms. The van der Waals surface area contributed by atoms with Crippen molar-refractivity contribution in [3.63, 3.8) is 0 Å². The van der Waals surface area contributed by atoms with E-state index in [0.29, 0.717) is 16.8 Å². The lowest BCUT2D eigenvalue weighted by Gasteiger charge is -2.09. The van der Waals surface area contributed by atoms with Crippen LogP contribution in [0, 0.1) is 0 Å². The molecule has 0 saturated heterocycles. The maximum atomic E-state index is 12.7. The number of benzene rings is 2. The molecule has 4 rings (SSSR count). The molecule has 2 aromatic heterocycles. The van der Waals surface area contributed by atoms with Gasteiger partial charge in [0.05, 0.1) is 11.3 Å². The minimum absolute atomic E-state index is 0.263. The quantitative estimate of drug-likeness (QED) is 0.258. The molecule has 1 amide bonds. The van der Waals surface area contributed by atoms with Gasteiger partial charge in [0.15, 0.2) is 6.61 Å². The molecule has 8 heteroatoms. The number of aromatic nitrogens is 2. The average Bonchev–Trinajstić information content (AvgIpc) is 3.25. The van der Waals surface area contributed by atoms with Gasteiger partial charge < -0.3 is 14.1 Å². The monoisotopic (exact) mass is 443 g/mol.